The Morgan fingerprint density at radius 2 is 1.86 bits per heavy atom. The van der Waals surface area contributed by atoms with E-state index in [1.54, 1.807) is 20.3 Å². The van der Waals surface area contributed by atoms with Gasteiger partial charge in [-0.2, -0.15) is 0 Å². The zero-order chi connectivity index (χ0) is 15.5. The summed E-state index contributed by atoms with van der Waals surface area (Å²) in [5, 5.41) is 3.23. The molecule has 1 rings (SSSR count). The number of ether oxygens (including phenoxy) is 2. The number of nitrogens with zero attached hydrogens (tertiary/aromatic N) is 2. The second kappa shape index (κ2) is 10.6. The van der Waals surface area contributed by atoms with E-state index in [1.165, 1.54) is 12.3 Å². The van der Waals surface area contributed by atoms with Crippen molar-refractivity contribution < 1.29 is 13.9 Å². The average molecular weight is 299 g/mol. The van der Waals surface area contributed by atoms with Crippen molar-refractivity contribution >= 4 is 0 Å². The number of nitrogens with one attached hydrogen (secondary N) is 1. The number of pyridine rings is 1. The predicted octanol–water partition coefficient (Wildman–Crippen LogP) is 1.47. The lowest BCUT2D eigenvalue weighted by Crippen LogP contribution is -2.33. The number of halogens is 1. The summed E-state index contributed by atoms with van der Waals surface area (Å²) in [6, 6.07) is 3.28. The number of aromatic nitrogens is 1. The maximum atomic E-state index is 12.9. The smallest absolute Gasteiger partial charge is 0.141 e. The summed E-state index contributed by atoms with van der Waals surface area (Å²) in [6.07, 6.45) is 2.15. The number of rotatable bonds is 11. The zero-order valence-electron chi connectivity index (χ0n) is 13.1. The first-order valence-electron chi connectivity index (χ1n) is 7.20. The van der Waals surface area contributed by atoms with Crippen LogP contribution in [0.3, 0.4) is 0 Å². The largest absolute Gasteiger partial charge is 0.383 e. The predicted molar refractivity (Wildman–Crippen MR) is 80.8 cm³/mol. The first kappa shape index (κ1) is 18.0. The Morgan fingerprint density at radius 1 is 1.19 bits per heavy atom. The van der Waals surface area contributed by atoms with Gasteiger partial charge in [-0.15, -0.1) is 0 Å². The molecule has 1 aromatic rings. The molecule has 0 saturated heterocycles. The molecule has 1 aromatic heterocycles. The minimum atomic E-state index is -0.310. The summed E-state index contributed by atoms with van der Waals surface area (Å²) < 4.78 is 23.2. The molecule has 0 saturated carbocycles. The normalized spacial score (nSPS) is 12.8. The van der Waals surface area contributed by atoms with Gasteiger partial charge < -0.3 is 14.8 Å². The molecule has 0 aromatic carbocycles. The fourth-order valence-electron chi connectivity index (χ4n) is 2.12. The van der Waals surface area contributed by atoms with Crippen LogP contribution in [-0.2, 0) is 9.47 Å². The molecule has 0 bridgehead atoms. The molecule has 0 aliphatic carbocycles. The minimum Gasteiger partial charge on any atom is -0.383 e. The molecular formula is C15H26FN3O2. The fourth-order valence-corrected chi connectivity index (χ4v) is 2.12. The first-order chi connectivity index (χ1) is 10.2. The molecule has 21 heavy (non-hydrogen) atoms. The minimum absolute atomic E-state index is 0.109. The van der Waals surface area contributed by atoms with E-state index in [4.69, 9.17) is 9.47 Å². The van der Waals surface area contributed by atoms with Gasteiger partial charge in [-0.05, 0) is 25.6 Å². The van der Waals surface area contributed by atoms with Gasteiger partial charge in [-0.3, -0.25) is 9.88 Å². The van der Waals surface area contributed by atoms with Gasteiger partial charge in [0.05, 0.1) is 31.1 Å². The monoisotopic (exact) mass is 299 g/mol. The third-order valence-electron chi connectivity index (χ3n) is 3.41. The van der Waals surface area contributed by atoms with Crippen LogP contribution in [-0.4, -0.2) is 64.0 Å². The Bertz CT molecular complexity index is 368. The van der Waals surface area contributed by atoms with E-state index in [9.17, 15) is 4.39 Å². The molecule has 5 nitrogen and oxygen atoms in total. The lowest BCUT2D eigenvalue weighted by atomic mass is 10.1. The third kappa shape index (κ3) is 6.95. The van der Waals surface area contributed by atoms with Crippen LogP contribution in [0.4, 0.5) is 4.39 Å². The van der Waals surface area contributed by atoms with E-state index in [0.29, 0.717) is 13.2 Å². The molecular weight excluding hydrogens is 273 g/mol. The Labute approximate surface area is 126 Å². The van der Waals surface area contributed by atoms with E-state index in [-0.39, 0.29) is 11.9 Å². The van der Waals surface area contributed by atoms with E-state index in [0.717, 1.165) is 31.7 Å². The van der Waals surface area contributed by atoms with Crippen molar-refractivity contribution in [2.45, 2.75) is 12.5 Å². The quantitative estimate of drug-likeness (QED) is 0.670. The van der Waals surface area contributed by atoms with Gasteiger partial charge in [-0.1, -0.05) is 0 Å². The molecule has 0 spiro atoms. The molecule has 0 aliphatic heterocycles. The average Bonchev–Trinajstić information content (AvgIpc) is 2.51. The summed E-state index contributed by atoms with van der Waals surface area (Å²) in [5.74, 6) is -0.310. The highest BCUT2D eigenvalue weighted by molar-refractivity contribution is 5.09. The van der Waals surface area contributed by atoms with Crippen molar-refractivity contribution in [1.29, 1.82) is 0 Å². The Hall–Kier alpha value is -1.08. The van der Waals surface area contributed by atoms with Gasteiger partial charge in [0.15, 0.2) is 0 Å². The van der Waals surface area contributed by atoms with E-state index in [2.05, 4.69) is 15.2 Å². The third-order valence-corrected chi connectivity index (χ3v) is 3.41. The van der Waals surface area contributed by atoms with E-state index >= 15 is 0 Å². The van der Waals surface area contributed by atoms with Crippen LogP contribution in [0, 0.1) is 5.82 Å². The highest BCUT2D eigenvalue weighted by Gasteiger charge is 2.13. The van der Waals surface area contributed by atoms with Crippen LogP contribution >= 0.6 is 0 Å². The molecule has 6 heteroatoms. The summed E-state index contributed by atoms with van der Waals surface area (Å²) in [5.41, 5.74) is 0.859. The van der Waals surface area contributed by atoms with Gasteiger partial charge >= 0.3 is 0 Å². The Kier molecular flexibility index (Phi) is 9.09. The standard InChI is InChI=1S/C15H26FN3O2/c1-17-14(15-5-4-13(16)12-18-15)6-7-19(8-10-20-2)9-11-21-3/h4-5,12,14,17H,6-11H2,1-3H3. The topological polar surface area (TPSA) is 46.6 Å². The second-order valence-electron chi connectivity index (χ2n) is 4.86. The Balaban J connectivity index is 2.51. The van der Waals surface area contributed by atoms with Crippen molar-refractivity contribution in [2.24, 2.45) is 0 Å². The van der Waals surface area contributed by atoms with E-state index in [1.807, 2.05) is 7.05 Å². The van der Waals surface area contributed by atoms with Crippen LogP contribution in [0.1, 0.15) is 18.2 Å². The van der Waals surface area contributed by atoms with Crippen LogP contribution in [0.2, 0.25) is 0 Å². The first-order valence-corrected chi connectivity index (χ1v) is 7.20. The lowest BCUT2D eigenvalue weighted by molar-refractivity contribution is 0.111. The maximum absolute atomic E-state index is 12.9. The van der Waals surface area contributed by atoms with Gasteiger partial charge in [0.25, 0.3) is 0 Å². The molecule has 1 atom stereocenters. The molecule has 0 aliphatic rings. The summed E-state index contributed by atoms with van der Waals surface area (Å²) in [7, 11) is 5.30. The van der Waals surface area contributed by atoms with Crippen molar-refractivity contribution in [2.75, 3.05) is 54.1 Å². The molecule has 0 fully saturated rings. The van der Waals surface area contributed by atoms with Crippen LogP contribution in [0.5, 0.6) is 0 Å². The fraction of sp³-hybridized carbons (Fsp3) is 0.667. The van der Waals surface area contributed by atoms with Gasteiger partial charge in [0, 0.05) is 33.9 Å². The lowest BCUT2D eigenvalue weighted by Gasteiger charge is -2.24. The van der Waals surface area contributed by atoms with Crippen molar-refractivity contribution in [3.63, 3.8) is 0 Å². The number of methoxy groups -OCH3 is 2. The van der Waals surface area contributed by atoms with Gasteiger partial charge in [-0.25, -0.2) is 4.39 Å². The Morgan fingerprint density at radius 3 is 2.33 bits per heavy atom. The van der Waals surface area contributed by atoms with Crippen LogP contribution < -0.4 is 5.32 Å². The molecule has 0 radical (unpaired) electrons. The molecule has 1 N–H and O–H groups in total. The molecule has 1 heterocycles. The maximum Gasteiger partial charge on any atom is 0.141 e. The summed E-state index contributed by atoms with van der Waals surface area (Å²) >= 11 is 0. The highest BCUT2D eigenvalue weighted by atomic mass is 19.1. The molecule has 1 unspecified atom stereocenters. The molecule has 0 amide bonds. The van der Waals surface area contributed by atoms with Crippen molar-refractivity contribution in [3.05, 3.63) is 29.8 Å². The van der Waals surface area contributed by atoms with Crippen molar-refractivity contribution in [3.8, 4) is 0 Å². The van der Waals surface area contributed by atoms with Gasteiger partial charge in [0.1, 0.15) is 5.82 Å². The van der Waals surface area contributed by atoms with Crippen LogP contribution in [0.15, 0.2) is 18.3 Å². The number of hydrogen-bond acceptors (Lipinski definition) is 5. The van der Waals surface area contributed by atoms with Crippen LogP contribution in [0.25, 0.3) is 0 Å². The summed E-state index contributed by atoms with van der Waals surface area (Å²) in [6.45, 7) is 4.03. The van der Waals surface area contributed by atoms with E-state index < -0.39 is 0 Å². The van der Waals surface area contributed by atoms with Crippen molar-refractivity contribution in [1.82, 2.24) is 15.2 Å². The SMILES string of the molecule is CNC(CCN(CCOC)CCOC)c1ccc(F)cn1. The highest BCUT2D eigenvalue weighted by Crippen LogP contribution is 2.14. The molecule has 120 valence electrons. The van der Waals surface area contributed by atoms with Gasteiger partial charge in [0.2, 0.25) is 0 Å². The zero-order valence-corrected chi connectivity index (χ0v) is 13.1. The summed E-state index contributed by atoms with van der Waals surface area (Å²) in [4.78, 5) is 6.44. The number of hydrogen-bond donors (Lipinski definition) is 1. The second-order valence-corrected chi connectivity index (χ2v) is 4.86.